The summed E-state index contributed by atoms with van der Waals surface area (Å²) in [6, 6.07) is 2.15. The fourth-order valence-electron chi connectivity index (χ4n) is 2.86. The van der Waals surface area contributed by atoms with Crippen molar-refractivity contribution in [1.82, 2.24) is 15.3 Å². The Bertz CT molecular complexity index is 539. The zero-order chi connectivity index (χ0) is 16.3. The molecular weight excluding hydrogens is 280 g/mol. The van der Waals surface area contributed by atoms with Crippen LogP contribution >= 0.6 is 0 Å². The summed E-state index contributed by atoms with van der Waals surface area (Å²) in [6.07, 6.45) is 1.34. The third kappa shape index (κ3) is 4.16. The second kappa shape index (κ2) is 6.60. The molecule has 0 aromatic carbocycles. The molecule has 22 heavy (non-hydrogen) atoms. The predicted molar refractivity (Wildman–Crippen MR) is 85.5 cm³/mol. The predicted octanol–water partition coefficient (Wildman–Crippen LogP) is 2.04. The second-order valence-electron chi connectivity index (χ2n) is 6.94. The zero-order valence-corrected chi connectivity index (χ0v) is 14.1. The molecule has 2 heterocycles. The minimum atomic E-state index is -0.0226. The largest absolute Gasteiger partial charge is 0.377 e. The number of carbonyl (C=O) groups excluding carboxylic acids is 1. The summed E-state index contributed by atoms with van der Waals surface area (Å²) >= 11 is 0. The van der Waals surface area contributed by atoms with Gasteiger partial charge in [-0.15, -0.1) is 0 Å². The van der Waals surface area contributed by atoms with Gasteiger partial charge in [-0.05, 0) is 18.8 Å². The lowest BCUT2D eigenvalue weighted by molar-refractivity contribution is -0.124. The van der Waals surface area contributed by atoms with Crippen LogP contribution in [0, 0.1) is 12.3 Å². The normalized spacial score (nSPS) is 22.3. The summed E-state index contributed by atoms with van der Waals surface area (Å²) in [7, 11) is 1.63. The van der Waals surface area contributed by atoms with E-state index in [9.17, 15) is 4.79 Å². The van der Waals surface area contributed by atoms with Gasteiger partial charge in [-0.1, -0.05) is 20.8 Å². The minimum Gasteiger partial charge on any atom is -0.377 e. The molecule has 1 aromatic heterocycles. The Morgan fingerprint density at radius 1 is 1.41 bits per heavy atom. The maximum absolute atomic E-state index is 11.7. The number of carbonyl (C=O) groups is 1. The summed E-state index contributed by atoms with van der Waals surface area (Å²) in [6.45, 7) is 8.74. The van der Waals surface area contributed by atoms with Crippen LogP contribution in [0.1, 0.15) is 45.1 Å². The lowest BCUT2D eigenvalue weighted by Gasteiger charge is -2.41. The molecule has 0 radical (unpaired) electrons. The smallest absolute Gasteiger partial charge is 0.220 e. The van der Waals surface area contributed by atoms with Crippen LogP contribution in [0.25, 0.3) is 0 Å². The number of ether oxygens (including phenoxy) is 1. The summed E-state index contributed by atoms with van der Waals surface area (Å²) < 4.78 is 5.11. The third-order valence-electron chi connectivity index (χ3n) is 3.84. The van der Waals surface area contributed by atoms with Crippen LogP contribution in [0.3, 0.4) is 0 Å². The van der Waals surface area contributed by atoms with Gasteiger partial charge in [-0.2, -0.15) is 0 Å². The molecule has 1 saturated heterocycles. The maximum Gasteiger partial charge on any atom is 0.220 e. The number of nitrogens with one attached hydrogen (secondary N) is 2. The highest BCUT2D eigenvalue weighted by Gasteiger charge is 2.37. The molecule has 0 spiro atoms. The number of rotatable bonds is 4. The third-order valence-corrected chi connectivity index (χ3v) is 3.84. The molecule has 6 nitrogen and oxygen atoms in total. The van der Waals surface area contributed by atoms with Crippen molar-refractivity contribution in [3.8, 4) is 0 Å². The quantitative estimate of drug-likeness (QED) is 0.890. The average Bonchev–Trinajstić information content (AvgIpc) is 2.39. The lowest BCUT2D eigenvalue weighted by atomic mass is 9.79. The minimum absolute atomic E-state index is 0.0226. The topological polar surface area (TPSA) is 76.1 Å². The number of anilines is 1. The number of amides is 1. The molecule has 2 N–H and O–H groups in total. The molecule has 1 aliphatic heterocycles. The number of aromatic nitrogens is 2. The Morgan fingerprint density at radius 3 is 2.77 bits per heavy atom. The molecule has 0 saturated carbocycles. The van der Waals surface area contributed by atoms with Crippen LogP contribution in [0.2, 0.25) is 0 Å². The number of nitrogens with zero attached hydrogens (tertiary/aromatic N) is 2. The van der Waals surface area contributed by atoms with Crippen molar-refractivity contribution in [2.24, 2.45) is 5.41 Å². The van der Waals surface area contributed by atoms with Crippen molar-refractivity contribution in [2.75, 3.05) is 12.4 Å². The van der Waals surface area contributed by atoms with E-state index in [-0.39, 0.29) is 23.4 Å². The Hall–Kier alpha value is -1.69. The fourth-order valence-corrected chi connectivity index (χ4v) is 2.86. The van der Waals surface area contributed by atoms with Gasteiger partial charge >= 0.3 is 0 Å². The van der Waals surface area contributed by atoms with Gasteiger partial charge in [0.2, 0.25) is 5.91 Å². The van der Waals surface area contributed by atoms with E-state index in [2.05, 4.69) is 41.4 Å². The van der Waals surface area contributed by atoms with Crippen LogP contribution in [0.15, 0.2) is 6.07 Å². The summed E-state index contributed by atoms with van der Waals surface area (Å²) in [5.74, 6) is 1.57. The molecule has 0 aliphatic carbocycles. The first-order valence-corrected chi connectivity index (χ1v) is 7.69. The molecule has 0 bridgehead atoms. The van der Waals surface area contributed by atoms with E-state index in [1.807, 2.05) is 13.0 Å². The van der Waals surface area contributed by atoms with Crippen molar-refractivity contribution in [2.45, 2.75) is 59.2 Å². The van der Waals surface area contributed by atoms with Crippen LogP contribution in [0.5, 0.6) is 0 Å². The van der Waals surface area contributed by atoms with Crippen molar-refractivity contribution >= 4 is 11.7 Å². The fraction of sp³-hybridized carbons (Fsp3) is 0.688. The molecule has 1 aliphatic rings. The zero-order valence-electron chi connectivity index (χ0n) is 14.1. The van der Waals surface area contributed by atoms with Gasteiger partial charge < -0.3 is 15.4 Å². The Morgan fingerprint density at radius 2 is 2.14 bits per heavy atom. The molecule has 2 rings (SSSR count). The number of piperidine rings is 1. The van der Waals surface area contributed by atoms with Gasteiger partial charge in [0.1, 0.15) is 12.4 Å². The number of hydrogen-bond acceptors (Lipinski definition) is 5. The van der Waals surface area contributed by atoms with Crippen molar-refractivity contribution < 1.29 is 9.53 Å². The van der Waals surface area contributed by atoms with Crippen LogP contribution < -0.4 is 10.6 Å². The monoisotopic (exact) mass is 306 g/mol. The SMILES string of the molecule is COCc1nc(C)cc(N[C@@H]2CCC(=O)N[C@H]2C(C)(C)C)n1. The first-order chi connectivity index (χ1) is 10.3. The number of aryl methyl sites for hydroxylation is 1. The maximum atomic E-state index is 11.7. The molecule has 1 aromatic rings. The van der Waals surface area contributed by atoms with Gasteiger partial charge in [0.05, 0.1) is 6.04 Å². The van der Waals surface area contributed by atoms with Gasteiger partial charge in [0, 0.05) is 31.3 Å². The van der Waals surface area contributed by atoms with E-state index < -0.39 is 0 Å². The van der Waals surface area contributed by atoms with Gasteiger partial charge in [-0.25, -0.2) is 9.97 Å². The van der Waals surface area contributed by atoms with Crippen molar-refractivity contribution in [1.29, 1.82) is 0 Å². The van der Waals surface area contributed by atoms with E-state index in [4.69, 9.17) is 4.74 Å². The second-order valence-corrected chi connectivity index (χ2v) is 6.94. The van der Waals surface area contributed by atoms with Crippen LogP contribution in [-0.2, 0) is 16.1 Å². The summed E-state index contributed by atoms with van der Waals surface area (Å²) in [5.41, 5.74) is 0.877. The Labute approximate surface area is 132 Å². The average molecular weight is 306 g/mol. The van der Waals surface area contributed by atoms with Crippen LogP contribution in [-0.4, -0.2) is 35.1 Å². The van der Waals surface area contributed by atoms with Gasteiger partial charge in [0.15, 0.2) is 5.82 Å². The molecule has 122 valence electrons. The van der Waals surface area contributed by atoms with Gasteiger partial charge in [-0.3, -0.25) is 4.79 Å². The number of methoxy groups -OCH3 is 1. The summed E-state index contributed by atoms with van der Waals surface area (Å²) in [4.78, 5) is 20.6. The molecule has 1 amide bonds. The van der Waals surface area contributed by atoms with E-state index >= 15 is 0 Å². The molecule has 1 fully saturated rings. The van der Waals surface area contributed by atoms with Crippen molar-refractivity contribution in [3.05, 3.63) is 17.6 Å². The molecular formula is C16H26N4O2. The van der Waals surface area contributed by atoms with E-state index in [1.165, 1.54) is 0 Å². The molecule has 2 atom stereocenters. The van der Waals surface area contributed by atoms with E-state index in [0.717, 1.165) is 17.9 Å². The molecule has 0 unspecified atom stereocenters. The first-order valence-electron chi connectivity index (χ1n) is 7.69. The van der Waals surface area contributed by atoms with Crippen LogP contribution in [0.4, 0.5) is 5.82 Å². The van der Waals surface area contributed by atoms with E-state index in [0.29, 0.717) is 18.9 Å². The summed E-state index contributed by atoms with van der Waals surface area (Å²) in [5, 5.41) is 6.59. The molecule has 6 heteroatoms. The van der Waals surface area contributed by atoms with Crippen molar-refractivity contribution in [3.63, 3.8) is 0 Å². The van der Waals surface area contributed by atoms with E-state index in [1.54, 1.807) is 7.11 Å². The highest BCUT2D eigenvalue weighted by atomic mass is 16.5. The highest BCUT2D eigenvalue weighted by Crippen LogP contribution is 2.28. The van der Waals surface area contributed by atoms with Gasteiger partial charge in [0.25, 0.3) is 0 Å². The number of hydrogen-bond donors (Lipinski definition) is 2. The Balaban J connectivity index is 2.19. The Kier molecular flexibility index (Phi) is 5.01. The highest BCUT2D eigenvalue weighted by molar-refractivity contribution is 5.77. The first kappa shape index (κ1) is 16.7. The standard InChI is InChI=1S/C16H26N4O2/c1-10-8-12(19-13(17-10)9-22-5)18-11-6-7-14(21)20-15(11)16(2,3)4/h8,11,15H,6-7,9H2,1-5H3,(H,20,21)(H,17,18,19)/t11-,15-/m1/s1. The lowest BCUT2D eigenvalue weighted by Crippen LogP contribution is -2.57.